The molecule has 3 aromatic heterocycles. The van der Waals surface area contributed by atoms with Crippen molar-refractivity contribution in [1.82, 2.24) is 8.96 Å². The van der Waals surface area contributed by atoms with Crippen LogP contribution in [0.2, 0.25) is 0 Å². The topological polar surface area (TPSA) is 34.2 Å². The summed E-state index contributed by atoms with van der Waals surface area (Å²) in [5.74, 6) is 0.581. The number of nitrogens with zero attached hydrogens (tertiary/aromatic N) is 2. The average molecular weight is 520 g/mol. The molecule has 190 valence electrons. The first kappa shape index (κ1) is 22.8. The number of hydrogen-bond acceptors (Lipinski definition) is 2. The van der Waals surface area contributed by atoms with Crippen LogP contribution in [0.1, 0.15) is 16.8 Å². The van der Waals surface area contributed by atoms with E-state index >= 15 is 8.63 Å². The zero-order valence-electron chi connectivity index (χ0n) is 20.1. The van der Waals surface area contributed by atoms with Crippen LogP contribution in [-0.2, 0) is 0 Å². The van der Waals surface area contributed by atoms with Crippen LogP contribution in [0.25, 0.3) is 45.4 Å². The normalized spacial score (nSPS) is 16.0. The van der Waals surface area contributed by atoms with Crippen molar-refractivity contribution in [1.29, 1.82) is 0 Å². The van der Waals surface area contributed by atoms with Crippen molar-refractivity contribution >= 4 is 29.7 Å². The number of allylic oxidation sites excluding steroid dienone is 2. The molecule has 0 spiro atoms. The Hall–Kier alpha value is -4.34. The van der Waals surface area contributed by atoms with Crippen molar-refractivity contribution in [2.24, 2.45) is 0 Å². The SMILES string of the molecule is Cc1ccc(-c2cc3c(o2)=CC2=C(C(F)(F)F)c4cc5oc(-c6ccc(C)cc6)cc5n4[B-](F)(F)[N+]=32)cc1. The summed E-state index contributed by atoms with van der Waals surface area (Å²) in [5, 5.41) is -0.114. The number of aryl methyl sites for hydroxylation is 2. The van der Waals surface area contributed by atoms with Gasteiger partial charge in [-0.2, -0.15) is 13.2 Å². The molecule has 10 heteroatoms. The minimum Gasteiger partial charge on any atom is -0.455 e. The predicted octanol–water partition coefficient (Wildman–Crippen LogP) is 6.27. The summed E-state index contributed by atoms with van der Waals surface area (Å²) in [6.45, 7) is -0.927. The molecule has 0 atom stereocenters. The fourth-order valence-corrected chi connectivity index (χ4v) is 5.33. The fourth-order valence-electron chi connectivity index (χ4n) is 5.33. The highest BCUT2D eigenvalue weighted by molar-refractivity contribution is 6.65. The zero-order valence-corrected chi connectivity index (χ0v) is 20.1. The van der Waals surface area contributed by atoms with Gasteiger partial charge in [-0.25, -0.2) is 0 Å². The summed E-state index contributed by atoms with van der Waals surface area (Å²) < 4.78 is 88.4. The Kier molecular flexibility index (Phi) is 4.43. The van der Waals surface area contributed by atoms with Gasteiger partial charge < -0.3 is 26.4 Å². The largest absolute Gasteiger partial charge is 0.738 e. The number of benzene rings is 2. The molecule has 2 aliphatic rings. The van der Waals surface area contributed by atoms with Gasteiger partial charge in [0.25, 0.3) is 0 Å². The van der Waals surface area contributed by atoms with E-state index in [4.69, 9.17) is 8.83 Å². The standard InChI is InChI=1S/C28H18BF5N2O2/c1-15-3-7-17(8-4-15)23-11-19-25(37-23)13-21-27(28(30,31)32)22-14-26-20(36(22)29(33,34)35(19)21)12-24(38-26)18-9-5-16(2)6-10-18/h3-14H,1-2H3. The molecular weight excluding hydrogens is 502 g/mol. The zero-order chi connectivity index (χ0) is 26.6. The first-order valence-electron chi connectivity index (χ1n) is 11.9. The van der Waals surface area contributed by atoms with Crippen molar-refractivity contribution < 1.29 is 30.6 Å². The maximum Gasteiger partial charge on any atom is 0.738 e. The lowest BCUT2D eigenvalue weighted by atomic mass is 9.88. The molecule has 38 heavy (non-hydrogen) atoms. The molecule has 0 amide bonds. The van der Waals surface area contributed by atoms with E-state index in [2.05, 4.69) is 0 Å². The predicted molar refractivity (Wildman–Crippen MR) is 135 cm³/mol. The number of hydrogen-bond donors (Lipinski definition) is 0. The molecular formula is C28H18BF5N2O2. The maximum atomic E-state index is 16.3. The van der Waals surface area contributed by atoms with Gasteiger partial charge in [0.2, 0.25) is 5.36 Å². The summed E-state index contributed by atoms with van der Waals surface area (Å²) in [6.07, 6.45) is -3.87. The van der Waals surface area contributed by atoms with Crippen molar-refractivity contribution in [2.45, 2.75) is 20.0 Å². The van der Waals surface area contributed by atoms with Crippen molar-refractivity contribution in [3.63, 3.8) is 0 Å². The number of aromatic nitrogens is 1. The van der Waals surface area contributed by atoms with Crippen molar-refractivity contribution in [3.8, 4) is 22.6 Å². The summed E-state index contributed by atoms with van der Waals surface area (Å²) in [7, 11) is 0. The second-order valence-electron chi connectivity index (χ2n) is 9.71. The number of alkyl halides is 3. The van der Waals surface area contributed by atoms with Gasteiger partial charge in [0, 0.05) is 29.0 Å². The lowest BCUT2D eigenvalue weighted by molar-refractivity contribution is -0.0699. The quantitative estimate of drug-likeness (QED) is 0.203. The maximum absolute atomic E-state index is 16.3. The molecule has 0 saturated carbocycles. The molecule has 2 aliphatic heterocycles. The molecule has 5 heterocycles. The lowest BCUT2D eigenvalue weighted by Gasteiger charge is -2.31. The van der Waals surface area contributed by atoms with Crippen LogP contribution in [0.5, 0.6) is 0 Å². The molecule has 0 aliphatic carbocycles. The monoisotopic (exact) mass is 520 g/mol. The van der Waals surface area contributed by atoms with Gasteiger partial charge in [-0.15, -0.1) is 0 Å². The molecule has 0 N–H and O–H groups in total. The van der Waals surface area contributed by atoms with E-state index in [9.17, 15) is 13.2 Å². The van der Waals surface area contributed by atoms with Crippen LogP contribution in [-0.4, -0.2) is 17.6 Å². The molecule has 0 fully saturated rings. The van der Waals surface area contributed by atoms with Gasteiger partial charge in [-0.3, -0.25) is 0 Å². The number of furan rings is 2. The molecule has 5 aromatic rings. The van der Waals surface area contributed by atoms with Crippen LogP contribution in [0.15, 0.2) is 81.3 Å². The number of halogens is 5. The summed E-state index contributed by atoms with van der Waals surface area (Å²) in [5.41, 5.74) is 0.607. The Balaban J connectivity index is 1.49. The summed E-state index contributed by atoms with van der Waals surface area (Å²) >= 11 is 0. The molecule has 7 rings (SSSR count). The van der Waals surface area contributed by atoms with E-state index in [1.165, 1.54) is 12.1 Å². The second-order valence-corrected chi connectivity index (χ2v) is 9.71. The highest BCUT2D eigenvalue weighted by Crippen LogP contribution is 2.46. The Morgan fingerprint density at radius 2 is 1.37 bits per heavy atom. The van der Waals surface area contributed by atoms with E-state index in [1.54, 1.807) is 24.3 Å². The van der Waals surface area contributed by atoms with Crippen LogP contribution in [0.4, 0.5) is 21.8 Å². The van der Waals surface area contributed by atoms with Crippen LogP contribution in [0, 0.1) is 13.8 Å². The fraction of sp³-hybridized carbons (Fsp3) is 0.107. The van der Waals surface area contributed by atoms with Gasteiger partial charge in [-0.05, 0) is 13.8 Å². The van der Waals surface area contributed by atoms with Gasteiger partial charge in [0.15, 0.2) is 11.1 Å². The highest BCUT2D eigenvalue weighted by atomic mass is 19.4. The molecule has 2 aromatic carbocycles. The van der Waals surface area contributed by atoms with E-state index in [1.807, 2.05) is 38.1 Å². The summed E-state index contributed by atoms with van der Waals surface area (Å²) in [6, 6.07) is 18.2. The first-order valence-corrected chi connectivity index (χ1v) is 11.9. The van der Waals surface area contributed by atoms with Gasteiger partial charge in [0.05, 0.1) is 17.7 Å². The van der Waals surface area contributed by atoms with Gasteiger partial charge >= 0.3 is 13.1 Å². The molecule has 0 unspecified atom stereocenters. The summed E-state index contributed by atoms with van der Waals surface area (Å²) in [4.78, 5) is 0. The van der Waals surface area contributed by atoms with Gasteiger partial charge in [-0.1, -0.05) is 59.7 Å². The molecule has 0 saturated heterocycles. The Morgan fingerprint density at radius 3 is 1.95 bits per heavy atom. The van der Waals surface area contributed by atoms with E-state index in [-0.39, 0.29) is 21.9 Å². The van der Waals surface area contributed by atoms with Crippen molar-refractivity contribution in [3.05, 3.63) is 100 Å². The van der Waals surface area contributed by atoms with E-state index < -0.39 is 30.1 Å². The highest BCUT2D eigenvalue weighted by Gasteiger charge is 2.58. The van der Waals surface area contributed by atoms with E-state index in [0.717, 1.165) is 23.3 Å². The molecule has 4 nitrogen and oxygen atoms in total. The minimum absolute atomic E-state index is 0.0478. The third-order valence-corrected chi connectivity index (χ3v) is 7.14. The van der Waals surface area contributed by atoms with E-state index in [0.29, 0.717) is 31.6 Å². The smallest absolute Gasteiger partial charge is 0.455 e. The van der Waals surface area contributed by atoms with Crippen molar-refractivity contribution in [2.75, 3.05) is 0 Å². The third kappa shape index (κ3) is 3.12. The Labute approximate surface area is 212 Å². The van der Waals surface area contributed by atoms with Gasteiger partial charge in [0.1, 0.15) is 22.7 Å². The third-order valence-electron chi connectivity index (χ3n) is 7.14. The number of rotatable bonds is 2. The minimum atomic E-state index is -4.91. The average Bonchev–Trinajstić information content (AvgIpc) is 3.57. The Morgan fingerprint density at radius 1 is 0.789 bits per heavy atom. The molecule has 0 radical (unpaired) electrons. The number of fused-ring (bicyclic) bond motifs is 5. The first-order chi connectivity index (χ1) is 18.0. The Bertz CT molecular complexity index is 1940. The van der Waals surface area contributed by atoms with Crippen LogP contribution in [0.3, 0.4) is 0 Å². The lowest BCUT2D eigenvalue weighted by Crippen LogP contribution is -2.57. The second kappa shape index (κ2) is 7.37. The van der Waals surface area contributed by atoms with Crippen LogP contribution < -0.4 is 15.3 Å². The molecule has 0 bridgehead atoms. The van der Waals surface area contributed by atoms with Crippen LogP contribution >= 0.6 is 0 Å².